The lowest BCUT2D eigenvalue weighted by molar-refractivity contribution is 0.628. The Hall–Kier alpha value is -3.20. The number of rotatable bonds is 1. The average molecular weight is 311 g/mol. The molecule has 0 bridgehead atoms. The third kappa shape index (κ3) is 1.85. The van der Waals surface area contributed by atoms with Crippen molar-refractivity contribution >= 4 is 22.3 Å². The van der Waals surface area contributed by atoms with Gasteiger partial charge in [0.15, 0.2) is 0 Å². The first-order valence-electron chi connectivity index (χ1n) is 7.81. The Morgan fingerprint density at radius 2 is 1.50 bits per heavy atom. The molecule has 2 heterocycles. The van der Waals surface area contributed by atoms with Gasteiger partial charge < -0.3 is 0 Å². The largest absolute Gasteiger partial charge is 0.247 e. The summed E-state index contributed by atoms with van der Waals surface area (Å²) in [5.41, 5.74) is 6.63. The van der Waals surface area contributed by atoms with Gasteiger partial charge in [-0.05, 0) is 36.4 Å². The van der Waals surface area contributed by atoms with E-state index in [9.17, 15) is 4.39 Å². The summed E-state index contributed by atoms with van der Waals surface area (Å²) in [5.74, 6) is -0.249. The van der Waals surface area contributed by atoms with E-state index in [1.54, 1.807) is 12.1 Å². The van der Waals surface area contributed by atoms with Crippen molar-refractivity contribution in [2.75, 3.05) is 0 Å². The molecule has 0 unspecified atom stereocenters. The van der Waals surface area contributed by atoms with Crippen LogP contribution in [0.5, 0.6) is 0 Å². The highest BCUT2D eigenvalue weighted by atomic mass is 19.1. The quantitative estimate of drug-likeness (QED) is 0.396. The van der Waals surface area contributed by atoms with Gasteiger partial charge in [0.25, 0.3) is 0 Å². The third-order valence-corrected chi connectivity index (χ3v) is 4.39. The lowest BCUT2D eigenvalue weighted by Crippen LogP contribution is -1.92. The monoisotopic (exact) mass is 311 g/mol. The van der Waals surface area contributed by atoms with Gasteiger partial charge in [-0.3, -0.25) is 0 Å². The standard InChI is InChI=1S/C21H12FN2/c22-14-11-9-13(10-12-14)20-19-15-5-1-3-7-17(15)24-21(19)16-6-2-4-8-18(16)23-20/h1-12H. The zero-order valence-electron chi connectivity index (χ0n) is 12.7. The number of pyridine rings is 1. The Labute approximate surface area is 138 Å². The summed E-state index contributed by atoms with van der Waals surface area (Å²) >= 11 is 0. The predicted molar refractivity (Wildman–Crippen MR) is 94.0 cm³/mol. The number of hydrogen-bond donors (Lipinski definition) is 0. The van der Waals surface area contributed by atoms with Crippen molar-refractivity contribution in [1.29, 1.82) is 0 Å². The number of para-hydroxylation sites is 2. The molecule has 0 saturated heterocycles. The molecule has 1 aliphatic rings. The highest BCUT2D eigenvalue weighted by Gasteiger charge is 2.26. The minimum Gasteiger partial charge on any atom is -0.247 e. The number of fused-ring (bicyclic) bond motifs is 5. The van der Waals surface area contributed by atoms with E-state index in [2.05, 4.69) is 6.07 Å². The van der Waals surface area contributed by atoms with Crippen LogP contribution in [0, 0.1) is 5.82 Å². The first kappa shape index (κ1) is 13.3. The van der Waals surface area contributed by atoms with Crippen LogP contribution >= 0.6 is 0 Å². The van der Waals surface area contributed by atoms with E-state index < -0.39 is 0 Å². The summed E-state index contributed by atoms with van der Waals surface area (Å²) in [6.45, 7) is 0. The second-order valence-corrected chi connectivity index (χ2v) is 5.84. The maximum Gasteiger partial charge on any atom is 0.123 e. The second-order valence-electron chi connectivity index (χ2n) is 5.84. The molecule has 0 aliphatic carbocycles. The van der Waals surface area contributed by atoms with E-state index in [1.807, 2.05) is 42.5 Å². The van der Waals surface area contributed by atoms with Crippen molar-refractivity contribution < 1.29 is 4.39 Å². The summed E-state index contributed by atoms with van der Waals surface area (Å²) < 4.78 is 13.3. The van der Waals surface area contributed by atoms with Crippen molar-refractivity contribution in [3.05, 3.63) is 78.6 Å². The van der Waals surface area contributed by atoms with Gasteiger partial charge in [-0.1, -0.05) is 36.4 Å². The number of hydrogen-bond acceptors (Lipinski definition) is 1. The lowest BCUT2D eigenvalue weighted by Gasteiger charge is -2.11. The molecule has 0 atom stereocenters. The molecule has 0 amide bonds. The number of aromatic nitrogens is 1. The SMILES string of the molecule is Fc1ccc(-c2nc3ccccc3c3c2-c2ccccc2[N]3)cc1. The maximum absolute atomic E-state index is 13.3. The van der Waals surface area contributed by atoms with Gasteiger partial charge in [0.1, 0.15) is 5.82 Å². The average Bonchev–Trinajstić information content (AvgIpc) is 3.02. The van der Waals surface area contributed by atoms with E-state index in [0.29, 0.717) is 0 Å². The zero-order valence-corrected chi connectivity index (χ0v) is 12.7. The van der Waals surface area contributed by atoms with Gasteiger partial charge in [-0.25, -0.2) is 14.7 Å². The summed E-state index contributed by atoms with van der Waals surface area (Å²) in [6.07, 6.45) is 0. The molecule has 113 valence electrons. The Kier molecular flexibility index (Phi) is 2.71. The van der Waals surface area contributed by atoms with E-state index in [0.717, 1.165) is 44.7 Å². The smallest absolute Gasteiger partial charge is 0.123 e. The highest BCUT2D eigenvalue weighted by molar-refractivity contribution is 6.08. The Morgan fingerprint density at radius 3 is 2.38 bits per heavy atom. The predicted octanol–water partition coefficient (Wildman–Crippen LogP) is 5.59. The summed E-state index contributed by atoms with van der Waals surface area (Å²) in [5, 5.41) is 5.87. The van der Waals surface area contributed by atoms with E-state index >= 15 is 0 Å². The molecule has 1 aliphatic heterocycles. The molecule has 1 aromatic heterocycles. The van der Waals surface area contributed by atoms with E-state index in [1.165, 1.54) is 12.1 Å². The van der Waals surface area contributed by atoms with E-state index in [4.69, 9.17) is 10.3 Å². The van der Waals surface area contributed by atoms with Crippen molar-refractivity contribution in [3.8, 4) is 22.4 Å². The van der Waals surface area contributed by atoms with Crippen LogP contribution in [0.25, 0.3) is 33.3 Å². The number of benzene rings is 3. The van der Waals surface area contributed by atoms with Crippen LogP contribution < -0.4 is 5.32 Å². The van der Waals surface area contributed by atoms with Gasteiger partial charge in [0, 0.05) is 22.1 Å². The summed E-state index contributed by atoms with van der Waals surface area (Å²) in [7, 11) is 0. The molecule has 3 heteroatoms. The minimum absolute atomic E-state index is 0.249. The third-order valence-electron chi connectivity index (χ3n) is 4.39. The van der Waals surface area contributed by atoms with Crippen molar-refractivity contribution in [1.82, 2.24) is 10.3 Å². The van der Waals surface area contributed by atoms with Crippen LogP contribution in [-0.2, 0) is 0 Å². The molecule has 24 heavy (non-hydrogen) atoms. The lowest BCUT2D eigenvalue weighted by atomic mass is 9.97. The van der Waals surface area contributed by atoms with Gasteiger partial charge in [0.05, 0.1) is 22.6 Å². The Morgan fingerprint density at radius 1 is 0.750 bits per heavy atom. The fraction of sp³-hybridized carbons (Fsp3) is 0. The molecule has 0 N–H and O–H groups in total. The molecule has 3 aromatic carbocycles. The molecule has 0 spiro atoms. The van der Waals surface area contributed by atoms with Gasteiger partial charge in [-0.15, -0.1) is 0 Å². The second kappa shape index (κ2) is 4.90. The fourth-order valence-electron chi connectivity index (χ4n) is 3.29. The Bertz CT molecular complexity index is 1080. The summed E-state index contributed by atoms with van der Waals surface area (Å²) in [4.78, 5) is 4.86. The topological polar surface area (TPSA) is 27.0 Å². The zero-order chi connectivity index (χ0) is 16.1. The normalized spacial score (nSPS) is 11.9. The molecule has 1 radical (unpaired) electrons. The van der Waals surface area contributed by atoms with Crippen molar-refractivity contribution in [3.63, 3.8) is 0 Å². The van der Waals surface area contributed by atoms with Crippen LogP contribution in [0.4, 0.5) is 15.8 Å². The first-order chi connectivity index (χ1) is 11.8. The highest BCUT2D eigenvalue weighted by Crippen LogP contribution is 2.49. The van der Waals surface area contributed by atoms with Crippen LogP contribution in [0.1, 0.15) is 0 Å². The molecule has 0 saturated carbocycles. The molecule has 0 fully saturated rings. The van der Waals surface area contributed by atoms with Gasteiger partial charge >= 0.3 is 0 Å². The molecule has 5 rings (SSSR count). The van der Waals surface area contributed by atoms with Crippen LogP contribution in [-0.4, -0.2) is 4.98 Å². The Balaban J connectivity index is 1.90. The van der Waals surface area contributed by atoms with Gasteiger partial charge in [0.2, 0.25) is 0 Å². The van der Waals surface area contributed by atoms with Gasteiger partial charge in [-0.2, -0.15) is 0 Å². The molecule has 4 aromatic rings. The van der Waals surface area contributed by atoms with Crippen molar-refractivity contribution in [2.45, 2.75) is 0 Å². The molecule has 2 nitrogen and oxygen atoms in total. The number of nitrogens with zero attached hydrogens (tertiary/aromatic N) is 2. The fourth-order valence-corrected chi connectivity index (χ4v) is 3.29. The minimum atomic E-state index is -0.249. The van der Waals surface area contributed by atoms with Crippen LogP contribution in [0.3, 0.4) is 0 Å². The number of halogens is 1. The van der Waals surface area contributed by atoms with E-state index in [-0.39, 0.29) is 5.82 Å². The first-order valence-corrected chi connectivity index (χ1v) is 7.81. The molecular formula is C21H12FN2. The maximum atomic E-state index is 13.3. The molecular weight excluding hydrogens is 299 g/mol. The summed E-state index contributed by atoms with van der Waals surface area (Å²) in [6, 6.07) is 22.6. The van der Waals surface area contributed by atoms with Crippen molar-refractivity contribution in [2.24, 2.45) is 0 Å². The van der Waals surface area contributed by atoms with Crippen LogP contribution in [0.2, 0.25) is 0 Å². The van der Waals surface area contributed by atoms with Crippen LogP contribution in [0.15, 0.2) is 72.8 Å².